The molecule has 0 atom stereocenters. The van der Waals surface area contributed by atoms with Gasteiger partial charge in [0, 0.05) is 24.0 Å². The SMILES string of the molecule is O=C(Cn1ccnc1Cl)Nc1cccc2cccnc12. The molecule has 0 bridgehead atoms. The average Bonchev–Trinajstić information content (AvgIpc) is 2.85. The summed E-state index contributed by atoms with van der Waals surface area (Å²) in [6, 6.07) is 9.46. The van der Waals surface area contributed by atoms with E-state index in [-0.39, 0.29) is 17.7 Å². The Morgan fingerprint density at radius 2 is 2.05 bits per heavy atom. The molecule has 0 aliphatic carbocycles. The van der Waals surface area contributed by atoms with Crippen LogP contribution in [-0.2, 0) is 11.3 Å². The number of carbonyl (C=O) groups is 1. The number of halogens is 1. The van der Waals surface area contributed by atoms with Gasteiger partial charge in [0.1, 0.15) is 6.54 Å². The van der Waals surface area contributed by atoms with Crippen molar-refractivity contribution in [2.75, 3.05) is 5.32 Å². The van der Waals surface area contributed by atoms with E-state index >= 15 is 0 Å². The second-order valence-electron chi connectivity index (χ2n) is 4.25. The number of aromatic nitrogens is 3. The van der Waals surface area contributed by atoms with Crippen molar-refractivity contribution in [3.05, 3.63) is 54.2 Å². The van der Waals surface area contributed by atoms with Crippen molar-refractivity contribution < 1.29 is 4.79 Å². The lowest BCUT2D eigenvalue weighted by atomic mass is 10.2. The minimum Gasteiger partial charge on any atom is -0.323 e. The number of pyridine rings is 1. The predicted molar refractivity (Wildman–Crippen MR) is 77.6 cm³/mol. The Bertz CT molecular complexity index is 763. The minimum absolute atomic E-state index is 0.113. The standard InChI is InChI=1S/C14H11ClN4O/c15-14-17-7-8-19(14)9-12(20)18-11-5-1-3-10-4-2-6-16-13(10)11/h1-8H,9H2,(H,18,20). The number of amides is 1. The summed E-state index contributed by atoms with van der Waals surface area (Å²) >= 11 is 5.84. The highest BCUT2D eigenvalue weighted by molar-refractivity contribution is 6.28. The third-order valence-corrected chi connectivity index (χ3v) is 3.20. The Morgan fingerprint density at radius 3 is 2.85 bits per heavy atom. The van der Waals surface area contributed by atoms with Gasteiger partial charge in [0.25, 0.3) is 0 Å². The molecule has 0 aliphatic rings. The summed E-state index contributed by atoms with van der Waals surface area (Å²) in [7, 11) is 0. The Morgan fingerprint density at radius 1 is 1.20 bits per heavy atom. The van der Waals surface area contributed by atoms with Crippen LogP contribution in [0.1, 0.15) is 0 Å². The van der Waals surface area contributed by atoms with E-state index in [1.165, 1.54) is 0 Å². The lowest BCUT2D eigenvalue weighted by Gasteiger charge is -2.08. The van der Waals surface area contributed by atoms with Crippen molar-refractivity contribution >= 4 is 34.1 Å². The summed E-state index contributed by atoms with van der Waals surface area (Å²) in [6.07, 6.45) is 4.91. The molecule has 0 radical (unpaired) electrons. The van der Waals surface area contributed by atoms with Crippen LogP contribution in [0.5, 0.6) is 0 Å². The van der Waals surface area contributed by atoms with E-state index in [0.29, 0.717) is 5.69 Å². The lowest BCUT2D eigenvalue weighted by Crippen LogP contribution is -2.18. The zero-order valence-corrected chi connectivity index (χ0v) is 11.2. The molecular formula is C14H11ClN4O. The molecule has 0 spiro atoms. The van der Waals surface area contributed by atoms with Crippen molar-refractivity contribution in [3.63, 3.8) is 0 Å². The van der Waals surface area contributed by atoms with Gasteiger partial charge in [-0.2, -0.15) is 0 Å². The molecule has 3 aromatic rings. The molecule has 0 aliphatic heterocycles. The first-order valence-corrected chi connectivity index (χ1v) is 6.42. The number of anilines is 1. The van der Waals surface area contributed by atoms with Crippen LogP contribution < -0.4 is 5.32 Å². The third kappa shape index (κ3) is 2.48. The predicted octanol–water partition coefficient (Wildman–Crippen LogP) is 2.72. The van der Waals surface area contributed by atoms with Crippen molar-refractivity contribution in [3.8, 4) is 0 Å². The first-order chi connectivity index (χ1) is 9.74. The largest absolute Gasteiger partial charge is 0.323 e. The van der Waals surface area contributed by atoms with Crippen molar-refractivity contribution in [1.82, 2.24) is 14.5 Å². The molecule has 0 saturated heterocycles. The molecule has 1 aromatic carbocycles. The number of nitrogens with zero attached hydrogens (tertiary/aromatic N) is 3. The Labute approximate surface area is 120 Å². The molecule has 2 aromatic heterocycles. The number of hydrogen-bond donors (Lipinski definition) is 1. The van der Waals surface area contributed by atoms with Crippen LogP contribution in [0.4, 0.5) is 5.69 Å². The van der Waals surface area contributed by atoms with E-state index in [4.69, 9.17) is 11.6 Å². The number of rotatable bonds is 3. The average molecular weight is 287 g/mol. The van der Waals surface area contributed by atoms with Gasteiger partial charge in [-0.1, -0.05) is 18.2 Å². The molecule has 3 rings (SSSR count). The molecule has 1 N–H and O–H groups in total. The van der Waals surface area contributed by atoms with E-state index in [2.05, 4.69) is 15.3 Å². The number of fused-ring (bicyclic) bond motifs is 1. The van der Waals surface area contributed by atoms with Gasteiger partial charge in [0.2, 0.25) is 11.2 Å². The second kappa shape index (κ2) is 5.30. The van der Waals surface area contributed by atoms with E-state index < -0.39 is 0 Å². The highest BCUT2D eigenvalue weighted by Crippen LogP contribution is 2.20. The number of carbonyl (C=O) groups excluding carboxylic acids is 1. The molecule has 1 amide bonds. The van der Waals surface area contributed by atoms with E-state index in [0.717, 1.165) is 10.9 Å². The van der Waals surface area contributed by atoms with Crippen LogP contribution in [0.2, 0.25) is 5.28 Å². The van der Waals surface area contributed by atoms with Crippen LogP contribution >= 0.6 is 11.6 Å². The fourth-order valence-corrected chi connectivity index (χ4v) is 2.15. The van der Waals surface area contributed by atoms with Crippen LogP contribution in [0.3, 0.4) is 0 Å². The summed E-state index contributed by atoms with van der Waals surface area (Å²) in [6.45, 7) is 0.113. The van der Waals surface area contributed by atoms with E-state index in [1.807, 2.05) is 30.3 Å². The van der Waals surface area contributed by atoms with Crippen LogP contribution in [-0.4, -0.2) is 20.4 Å². The summed E-state index contributed by atoms with van der Waals surface area (Å²) in [5.74, 6) is -0.178. The number of imidazole rings is 1. The topological polar surface area (TPSA) is 59.8 Å². The Balaban J connectivity index is 1.83. The lowest BCUT2D eigenvalue weighted by molar-refractivity contribution is -0.116. The normalized spacial score (nSPS) is 10.7. The first-order valence-electron chi connectivity index (χ1n) is 6.04. The van der Waals surface area contributed by atoms with Crippen molar-refractivity contribution in [2.24, 2.45) is 0 Å². The molecule has 100 valence electrons. The molecule has 0 unspecified atom stereocenters. The number of benzene rings is 1. The van der Waals surface area contributed by atoms with Crippen LogP contribution in [0.15, 0.2) is 48.9 Å². The Kier molecular flexibility index (Phi) is 3.35. The van der Waals surface area contributed by atoms with Crippen molar-refractivity contribution in [1.29, 1.82) is 0 Å². The van der Waals surface area contributed by atoms with E-state index in [9.17, 15) is 4.79 Å². The summed E-state index contributed by atoms with van der Waals surface area (Å²) in [4.78, 5) is 20.2. The van der Waals surface area contributed by atoms with Gasteiger partial charge in [-0.15, -0.1) is 0 Å². The summed E-state index contributed by atoms with van der Waals surface area (Å²) in [5.41, 5.74) is 1.45. The highest BCUT2D eigenvalue weighted by atomic mass is 35.5. The molecule has 20 heavy (non-hydrogen) atoms. The molecule has 2 heterocycles. The van der Waals surface area contributed by atoms with Gasteiger partial charge in [-0.3, -0.25) is 9.78 Å². The van der Waals surface area contributed by atoms with Crippen LogP contribution in [0.25, 0.3) is 10.9 Å². The molecule has 5 nitrogen and oxygen atoms in total. The van der Waals surface area contributed by atoms with Gasteiger partial charge in [-0.25, -0.2) is 4.98 Å². The summed E-state index contributed by atoms with van der Waals surface area (Å²) in [5, 5.41) is 4.11. The smallest absolute Gasteiger partial charge is 0.244 e. The highest BCUT2D eigenvalue weighted by Gasteiger charge is 2.08. The zero-order chi connectivity index (χ0) is 13.9. The minimum atomic E-state index is -0.178. The molecule has 6 heteroatoms. The summed E-state index contributed by atoms with van der Waals surface area (Å²) < 4.78 is 1.56. The van der Waals surface area contributed by atoms with Gasteiger partial charge in [-0.05, 0) is 23.7 Å². The number of hydrogen-bond acceptors (Lipinski definition) is 3. The molecule has 0 fully saturated rings. The van der Waals surface area contributed by atoms with Gasteiger partial charge < -0.3 is 9.88 Å². The quantitative estimate of drug-likeness (QED) is 0.805. The van der Waals surface area contributed by atoms with Crippen LogP contribution in [0, 0.1) is 0 Å². The number of para-hydroxylation sites is 1. The van der Waals surface area contributed by atoms with Gasteiger partial charge in [0.15, 0.2) is 0 Å². The van der Waals surface area contributed by atoms with Gasteiger partial charge >= 0.3 is 0 Å². The maximum Gasteiger partial charge on any atom is 0.244 e. The van der Waals surface area contributed by atoms with E-state index in [1.54, 1.807) is 23.2 Å². The zero-order valence-electron chi connectivity index (χ0n) is 10.5. The van der Waals surface area contributed by atoms with Gasteiger partial charge in [0.05, 0.1) is 11.2 Å². The molecular weight excluding hydrogens is 276 g/mol. The fourth-order valence-electron chi connectivity index (χ4n) is 1.98. The fraction of sp³-hybridized carbons (Fsp3) is 0.0714. The second-order valence-corrected chi connectivity index (χ2v) is 4.59. The first kappa shape index (κ1) is 12.6. The maximum absolute atomic E-state index is 12.0. The monoisotopic (exact) mass is 286 g/mol. The molecule has 0 saturated carbocycles. The third-order valence-electron chi connectivity index (χ3n) is 2.89. The Hall–Kier alpha value is -2.40. The van der Waals surface area contributed by atoms with Crippen molar-refractivity contribution in [2.45, 2.75) is 6.54 Å². The maximum atomic E-state index is 12.0. The number of nitrogens with one attached hydrogen (secondary N) is 1.